The SMILES string of the molecule is O=COC1(CC2CCC3OC3C2)CCC2OC2C1. The Balaban J connectivity index is 1.43. The van der Waals surface area contributed by atoms with Crippen LogP contribution in [0.15, 0.2) is 0 Å². The van der Waals surface area contributed by atoms with Gasteiger partial charge in [-0.05, 0) is 44.4 Å². The minimum absolute atomic E-state index is 0.244. The lowest BCUT2D eigenvalue weighted by Crippen LogP contribution is -2.40. The van der Waals surface area contributed by atoms with Crippen molar-refractivity contribution in [2.24, 2.45) is 5.92 Å². The number of carbonyl (C=O) groups excluding carboxylic acids is 1. The molecule has 4 heteroatoms. The molecule has 0 bridgehead atoms. The molecule has 100 valence electrons. The Morgan fingerprint density at radius 2 is 1.94 bits per heavy atom. The fraction of sp³-hybridized carbons (Fsp3) is 0.929. The van der Waals surface area contributed by atoms with E-state index in [1.807, 2.05) is 0 Å². The Kier molecular flexibility index (Phi) is 2.46. The van der Waals surface area contributed by atoms with E-state index in [-0.39, 0.29) is 5.60 Å². The van der Waals surface area contributed by atoms with Gasteiger partial charge in [-0.15, -0.1) is 0 Å². The highest BCUT2D eigenvalue weighted by Crippen LogP contribution is 2.49. The van der Waals surface area contributed by atoms with E-state index in [0.29, 0.717) is 36.8 Å². The lowest BCUT2D eigenvalue weighted by Gasteiger charge is -2.37. The second-order valence-electron chi connectivity index (χ2n) is 6.45. The van der Waals surface area contributed by atoms with Gasteiger partial charge in [0.15, 0.2) is 0 Å². The van der Waals surface area contributed by atoms with E-state index in [1.54, 1.807) is 0 Å². The van der Waals surface area contributed by atoms with Crippen molar-refractivity contribution >= 4 is 6.47 Å². The van der Waals surface area contributed by atoms with Crippen LogP contribution < -0.4 is 0 Å². The first kappa shape index (κ1) is 11.2. The molecule has 6 unspecified atom stereocenters. The fourth-order valence-electron chi connectivity index (χ4n) is 4.13. The van der Waals surface area contributed by atoms with Crippen LogP contribution in [-0.2, 0) is 19.0 Å². The van der Waals surface area contributed by atoms with Crippen LogP contribution >= 0.6 is 0 Å². The highest BCUT2D eigenvalue weighted by atomic mass is 16.6. The highest BCUT2D eigenvalue weighted by molar-refractivity contribution is 5.38. The Morgan fingerprint density at radius 3 is 2.72 bits per heavy atom. The Hall–Kier alpha value is -0.610. The Bertz CT molecular complexity index is 358. The molecule has 4 fully saturated rings. The fourth-order valence-corrected chi connectivity index (χ4v) is 4.13. The summed E-state index contributed by atoms with van der Waals surface area (Å²) in [6.07, 6.45) is 9.36. The molecule has 0 aromatic rings. The molecule has 0 radical (unpaired) electrons. The smallest absolute Gasteiger partial charge is 0.293 e. The number of hydrogen-bond donors (Lipinski definition) is 0. The number of ether oxygens (including phenoxy) is 3. The zero-order valence-electron chi connectivity index (χ0n) is 10.5. The van der Waals surface area contributed by atoms with Gasteiger partial charge in [-0.3, -0.25) is 4.79 Å². The standard InChI is InChI=1S/C14H20O4/c15-8-16-14(4-3-11-13(7-14)18-11)6-9-1-2-10-12(5-9)17-10/h8-13H,1-7H2. The zero-order valence-corrected chi connectivity index (χ0v) is 10.5. The van der Waals surface area contributed by atoms with E-state index in [1.165, 1.54) is 12.8 Å². The molecule has 4 rings (SSSR count). The van der Waals surface area contributed by atoms with Gasteiger partial charge in [0.05, 0.1) is 24.4 Å². The maximum Gasteiger partial charge on any atom is 0.293 e. The number of rotatable bonds is 4. The summed E-state index contributed by atoms with van der Waals surface area (Å²) < 4.78 is 16.7. The van der Waals surface area contributed by atoms with Gasteiger partial charge in [-0.1, -0.05) is 0 Å². The summed E-state index contributed by atoms with van der Waals surface area (Å²) in [5, 5.41) is 0. The highest BCUT2D eigenvalue weighted by Gasteiger charge is 2.53. The van der Waals surface area contributed by atoms with Crippen molar-refractivity contribution in [1.82, 2.24) is 0 Å². The Labute approximate surface area is 107 Å². The summed E-state index contributed by atoms with van der Waals surface area (Å²) in [5.41, 5.74) is -0.244. The maximum absolute atomic E-state index is 10.8. The monoisotopic (exact) mass is 252 g/mol. The molecule has 2 aliphatic carbocycles. The number of epoxide rings is 2. The molecule has 0 amide bonds. The molecule has 4 aliphatic rings. The second kappa shape index (κ2) is 3.94. The van der Waals surface area contributed by atoms with Crippen molar-refractivity contribution in [1.29, 1.82) is 0 Å². The van der Waals surface area contributed by atoms with Gasteiger partial charge in [0.1, 0.15) is 5.60 Å². The maximum atomic E-state index is 10.8. The van der Waals surface area contributed by atoms with Crippen molar-refractivity contribution in [3.05, 3.63) is 0 Å². The quantitative estimate of drug-likeness (QED) is 0.565. The van der Waals surface area contributed by atoms with Gasteiger partial charge in [0.2, 0.25) is 0 Å². The van der Waals surface area contributed by atoms with Gasteiger partial charge in [-0.2, -0.15) is 0 Å². The predicted octanol–water partition coefficient (Wildman–Crippen LogP) is 1.81. The van der Waals surface area contributed by atoms with Gasteiger partial charge in [0, 0.05) is 6.42 Å². The van der Waals surface area contributed by atoms with Crippen LogP contribution in [0.4, 0.5) is 0 Å². The molecule has 0 N–H and O–H groups in total. The van der Waals surface area contributed by atoms with E-state index in [9.17, 15) is 4.79 Å². The molecule has 0 aromatic heterocycles. The molecule has 0 spiro atoms. The first-order chi connectivity index (χ1) is 8.78. The normalized spacial score (nSPS) is 53.0. The number of carbonyl (C=O) groups is 1. The predicted molar refractivity (Wildman–Crippen MR) is 63.0 cm³/mol. The van der Waals surface area contributed by atoms with E-state index in [4.69, 9.17) is 14.2 Å². The summed E-state index contributed by atoms with van der Waals surface area (Å²) in [6.45, 7) is 0.641. The van der Waals surface area contributed by atoms with Crippen molar-refractivity contribution in [3.63, 3.8) is 0 Å². The van der Waals surface area contributed by atoms with Crippen molar-refractivity contribution in [2.75, 3.05) is 0 Å². The molecule has 4 nitrogen and oxygen atoms in total. The minimum atomic E-state index is -0.244. The van der Waals surface area contributed by atoms with Crippen LogP contribution in [0.3, 0.4) is 0 Å². The largest absolute Gasteiger partial charge is 0.461 e. The van der Waals surface area contributed by atoms with Crippen molar-refractivity contribution < 1.29 is 19.0 Å². The summed E-state index contributed by atoms with van der Waals surface area (Å²) in [5.74, 6) is 0.656. The van der Waals surface area contributed by atoms with Gasteiger partial charge in [0.25, 0.3) is 6.47 Å². The minimum Gasteiger partial charge on any atom is -0.461 e. The van der Waals surface area contributed by atoms with E-state index in [0.717, 1.165) is 32.1 Å². The summed E-state index contributed by atoms with van der Waals surface area (Å²) in [6, 6.07) is 0. The van der Waals surface area contributed by atoms with Gasteiger partial charge in [-0.25, -0.2) is 0 Å². The third-order valence-electron chi connectivity index (χ3n) is 5.22. The Morgan fingerprint density at radius 1 is 1.11 bits per heavy atom. The molecule has 6 atom stereocenters. The molecular weight excluding hydrogens is 232 g/mol. The average Bonchev–Trinajstić information content (AvgIpc) is 3.22. The van der Waals surface area contributed by atoms with Crippen LogP contribution in [0, 0.1) is 5.92 Å². The van der Waals surface area contributed by atoms with Gasteiger partial charge < -0.3 is 14.2 Å². The molecule has 2 heterocycles. The first-order valence-corrected chi connectivity index (χ1v) is 7.20. The second-order valence-corrected chi connectivity index (χ2v) is 6.45. The van der Waals surface area contributed by atoms with Crippen LogP contribution in [0.5, 0.6) is 0 Å². The van der Waals surface area contributed by atoms with E-state index >= 15 is 0 Å². The topological polar surface area (TPSA) is 51.4 Å². The molecule has 2 saturated heterocycles. The zero-order chi connectivity index (χ0) is 12.2. The van der Waals surface area contributed by atoms with E-state index < -0.39 is 0 Å². The van der Waals surface area contributed by atoms with Gasteiger partial charge >= 0.3 is 0 Å². The number of fused-ring (bicyclic) bond motifs is 2. The van der Waals surface area contributed by atoms with Crippen LogP contribution in [0.1, 0.15) is 44.9 Å². The lowest BCUT2D eigenvalue weighted by molar-refractivity contribution is -0.149. The number of hydrogen-bond acceptors (Lipinski definition) is 4. The summed E-state index contributed by atoms with van der Waals surface area (Å²) >= 11 is 0. The molecular formula is C14H20O4. The van der Waals surface area contributed by atoms with Crippen molar-refractivity contribution in [2.45, 2.75) is 75.0 Å². The summed E-state index contributed by atoms with van der Waals surface area (Å²) in [7, 11) is 0. The van der Waals surface area contributed by atoms with Crippen LogP contribution in [0.25, 0.3) is 0 Å². The average molecular weight is 252 g/mol. The third-order valence-corrected chi connectivity index (χ3v) is 5.22. The molecule has 2 aliphatic heterocycles. The summed E-state index contributed by atoms with van der Waals surface area (Å²) in [4.78, 5) is 10.8. The molecule has 0 aromatic carbocycles. The van der Waals surface area contributed by atoms with Crippen LogP contribution in [0.2, 0.25) is 0 Å². The lowest BCUT2D eigenvalue weighted by atomic mass is 9.74. The van der Waals surface area contributed by atoms with E-state index in [2.05, 4.69) is 0 Å². The molecule has 18 heavy (non-hydrogen) atoms. The third kappa shape index (κ3) is 1.95. The van der Waals surface area contributed by atoms with Crippen LogP contribution in [-0.4, -0.2) is 36.5 Å². The first-order valence-electron chi connectivity index (χ1n) is 7.20. The van der Waals surface area contributed by atoms with Crippen molar-refractivity contribution in [3.8, 4) is 0 Å². The molecule has 2 saturated carbocycles.